The SMILES string of the molecule is COC(=O)c1c(C)c(C(=O)CN(CC2CCCO2)S(=O)(=O)c2cc(Cl)ccc2Cl)c(C)n1C. The largest absolute Gasteiger partial charge is 0.464 e. The number of benzene rings is 1. The fourth-order valence-electron chi connectivity index (χ4n) is 4.09. The molecule has 1 fully saturated rings. The molecule has 0 N–H and O–H groups in total. The monoisotopic (exact) mass is 516 g/mol. The van der Waals surface area contributed by atoms with Crippen LogP contribution < -0.4 is 0 Å². The van der Waals surface area contributed by atoms with E-state index >= 15 is 0 Å². The second-order valence-corrected chi connectivity index (χ2v) is 10.7. The summed E-state index contributed by atoms with van der Waals surface area (Å²) in [7, 11) is -1.27. The van der Waals surface area contributed by atoms with Crippen molar-refractivity contribution in [3.8, 4) is 0 Å². The molecule has 1 aliphatic heterocycles. The van der Waals surface area contributed by atoms with Gasteiger partial charge in [0.05, 0.1) is 24.8 Å². The normalized spacial score (nSPS) is 16.4. The first-order chi connectivity index (χ1) is 15.5. The number of carbonyl (C=O) groups is 2. The smallest absolute Gasteiger partial charge is 0.354 e. The van der Waals surface area contributed by atoms with Crippen LogP contribution in [0.5, 0.6) is 0 Å². The molecule has 2 heterocycles. The van der Waals surface area contributed by atoms with E-state index in [0.29, 0.717) is 24.3 Å². The number of ether oxygens (including phenoxy) is 2. The maximum Gasteiger partial charge on any atom is 0.354 e. The number of hydrogen-bond acceptors (Lipinski definition) is 6. The van der Waals surface area contributed by atoms with Crippen LogP contribution in [-0.2, 0) is 26.5 Å². The first-order valence-electron chi connectivity index (χ1n) is 10.3. The summed E-state index contributed by atoms with van der Waals surface area (Å²) in [4.78, 5) is 25.4. The zero-order valence-corrected chi connectivity index (χ0v) is 21.2. The summed E-state index contributed by atoms with van der Waals surface area (Å²) in [5.74, 6) is -1.03. The van der Waals surface area contributed by atoms with E-state index in [4.69, 9.17) is 32.7 Å². The Labute approximate surface area is 203 Å². The molecular formula is C22H26Cl2N2O6S. The molecule has 0 bridgehead atoms. The molecule has 1 aromatic carbocycles. The Morgan fingerprint density at radius 2 is 1.97 bits per heavy atom. The average Bonchev–Trinajstić information content (AvgIpc) is 3.35. The van der Waals surface area contributed by atoms with E-state index in [2.05, 4.69) is 0 Å². The summed E-state index contributed by atoms with van der Waals surface area (Å²) in [6, 6.07) is 4.15. The summed E-state index contributed by atoms with van der Waals surface area (Å²) in [6.45, 7) is 3.41. The standard InChI is InChI=1S/C22H26Cl2N2O6S/c1-13-20(14(2)25(3)21(13)22(28)31-4)18(27)12-26(11-16-6-5-9-32-16)33(29,30)19-10-15(23)7-8-17(19)24/h7-8,10,16H,5-6,9,11-12H2,1-4H3. The molecule has 1 atom stereocenters. The number of aromatic nitrogens is 1. The van der Waals surface area contributed by atoms with Crippen LogP contribution in [0.4, 0.5) is 0 Å². The Morgan fingerprint density at radius 3 is 2.58 bits per heavy atom. The van der Waals surface area contributed by atoms with E-state index in [1.54, 1.807) is 25.5 Å². The first kappa shape index (κ1) is 25.7. The predicted molar refractivity (Wildman–Crippen MR) is 125 cm³/mol. The zero-order valence-electron chi connectivity index (χ0n) is 18.9. The van der Waals surface area contributed by atoms with Gasteiger partial charge in [0.1, 0.15) is 10.6 Å². The molecule has 1 unspecified atom stereocenters. The van der Waals surface area contributed by atoms with Crippen LogP contribution in [0.25, 0.3) is 0 Å². The van der Waals surface area contributed by atoms with E-state index in [-0.39, 0.29) is 38.8 Å². The van der Waals surface area contributed by atoms with Crippen LogP contribution in [0.3, 0.4) is 0 Å². The number of hydrogen-bond donors (Lipinski definition) is 0. The van der Waals surface area contributed by atoms with Gasteiger partial charge in [0, 0.05) is 36.5 Å². The van der Waals surface area contributed by atoms with Gasteiger partial charge in [-0.2, -0.15) is 4.31 Å². The maximum absolute atomic E-state index is 13.6. The number of halogens is 2. The number of esters is 1. The second kappa shape index (κ2) is 10.1. The lowest BCUT2D eigenvalue weighted by atomic mass is 10.1. The van der Waals surface area contributed by atoms with E-state index < -0.39 is 28.3 Å². The van der Waals surface area contributed by atoms with Crippen molar-refractivity contribution in [3.05, 3.63) is 50.8 Å². The van der Waals surface area contributed by atoms with Gasteiger partial charge in [0.25, 0.3) is 0 Å². The quantitative estimate of drug-likeness (QED) is 0.391. The van der Waals surface area contributed by atoms with Gasteiger partial charge < -0.3 is 14.0 Å². The van der Waals surface area contributed by atoms with Crippen molar-refractivity contribution in [1.29, 1.82) is 0 Å². The minimum atomic E-state index is -4.18. The fraction of sp³-hybridized carbons (Fsp3) is 0.455. The van der Waals surface area contributed by atoms with Gasteiger partial charge in [-0.05, 0) is 50.5 Å². The van der Waals surface area contributed by atoms with Crippen molar-refractivity contribution in [3.63, 3.8) is 0 Å². The van der Waals surface area contributed by atoms with Crippen LogP contribution in [0, 0.1) is 13.8 Å². The van der Waals surface area contributed by atoms with Crippen molar-refractivity contribution in [2.45, 2.75) is 37.7 Å². The van der Waals surface area contributed by atoms with E-state index in [0.717, 1.165) is 10.7 Å². The van der Waals surface area contributed by atoms with Crippen molar-refractivity contribution in [2.24, 2.45) is 7.05 Å². The molecule has 0 amide bonds. The third-order valence-corrected chi connectivity index (χ3v) is 8.38. The molecule has 2 aromatic rings. The van der Waals surface area contributed by atoms with Crippen LogP contribution in [0.2, 0.25) is 10.0 Å². The highest BCUT2D eigenvalue weighted by Crippen LogP contribution is 2.30. The molecule has 33 heavy (non-hydrogen) atoms. The Kier molecular flexibility index (Phi) is 7.91. The van der Waals surface area contributed by atoms with Gasteiger partial charge in [-0.3, -0.25) is 4.79 Å². The van der Waals surface area contributed by atoms with Gasteiger partial charge in [-0.25, -0.2) is 13.2 Å². The Morgan fingerprint density at radius 1 is 1.27 bits per heavy atom. The first-order valence-corrected chi connectivity index (χ1v) is 12.5. The summed E-state index contributed by atoms with van der Waals surface area (Å²) in [5.41, 5.74) is 1.49. The lowest BCUT2D eigenvalue weighted by Gasteiger charge is -2.25. The Hall–Kier alpha value is -1.91. The number of ketones is 1. The molecular weight excluding hydrogens is 491 g/mol. The van der Waals surface area contributed by atoms with Crippen molar-refractivity contribution in [2.75, 3.05) is 26.8 Å². The summed E-state index contributed by atoms with van der Waals surface area (Å²) < 4.78 is 40.2. The minimum absolute atomic E-state index is 0.00393. The van der Waals surface area contributed by atoms with Crippen molar-refractivity contribution < 1.29 is 27.5 Å². The Balaban J connectivity index is 2.02. The molecule has 0 spiro atoms. The van der Waals surface area contributed by atoms with Gasteiger partial charge >= 0.3 is 5.97 Å². The van der Waals surface area contributed by atoms with Gasteiger partial charge in [-0.1, -0.05) is 23.2 Å². The number of nitrogens with zero attached hydrogens (tertiary/aromatic N) is 2. The van der Waals surface area contributed by atoms with E-state index in [9.17, 15) is 18.0 Å². The lowest BCUT2D eigenvalue weighted by Crippen LogP contribution is -2.41. The minimum Gasteiger partial charge on any atom is -0.464 e. The number of rotatable bonds is 8. The average molecular weight is 517 g/mol. The predicted octanol–water partition coefficient (Wildman–Crippen LogP) is 3.79. The third kappa shape index (κ3) is 5.12. The molecule has 1 aliphatic rings. The maximum atomic E-state index is 13.6. The van der Waals surface area contributed by atoms with Gasteiger partial charge in [-0.15, -0.1) is 0 Å². The van der Waals surface area contributed by atoms with Crippen LogP contribution in [0.1, 0.15) is 44.9 Å². The number of Topliss-reactive ketones (excluding diaryl/α,β-unsaturated/α-hetero) is 1. The fourth-order valence-corrected chi connectivity index (χ4v) is 6.26. The highest BCUT2D eigenvalue weighted by molar-refractivity contribution is 7.89. The van der Waals surface area contributed by atoms with Crippen molar-refractivity contribution in [1.82, 2.24) is 8.87 Å². The number of methoxy groups -OCH3 is 1. The summed E-state index contributed by atoms with van der Waals surface area (Å²) in [5, 5.41) is 0.211. The molecule has 0 aliphatic carbocycles. The third-order valence-electron chi connectivity index (χ3n) is 5.85. The number of carbonyl (C=O) groups excluding carboxylic acids is 2. The van der Waals surface area contributed by atoms with Crippen molar-refractivity contribution >= 4 is 45.0 Å². The highest BCUT2D eigenvalue weighted by Gasteiger charge is 2.34. The highest BCUT2D eigenvalue weighted by atomic mass is 35.5. The zero-order chi connectivity index (χ0) is 24.5. The lowest BCUT2D eigenvalue weighted by molar-refractivity contribution is 0.0588. The van der Waals surface area contributed by atoms with Crippen LogP contribution in [-0.4, -0.2) is 62.0 Å². The van der Waals surface area contributed by atoms with Gasteiger partial charge in [0.15, 0.2) is 5.78 Å². The molecule has 180 valence electrons. The topological polar surface area (TPSA) is 94.9 Å². The number of sulfonamides is 1. The second-order valence-electron chi connectivity index (χ2n) is 7.92. The van der Waals surface area contributed by atoms with E-state index in [1.807, 2.05) is 0 Å². The van der Waals surface area contributed by atoms with Crippen LogP contribution >= 0.6 is 23.2 Å². The van der Waals surface area contributed by atoms with E-state index in [1.165, 1.54) is 25.3 Å². The molecule has 0 saturated carbocycles. The summed E-state index contributed by atoms with van der Waals surface area (Å²) >= 11 is 12.2. The summed E-state index contributed by atoms with van der Waals surface area (Å²) in [6.07, 6.45) is 1.15. The molecule has 1 aromatic heterocycles. The Bertz CT molecular complexity index is 1190. The van der Waals surface area contributed by atoms with Gasteiger partial charge in [0.2, 0.25) is 10.0 Å². The molecule has 0 radical (unpaired) electrons. The molecule has 8 nitrogen and oxygen atoms in total. The molecule has 11 heteroatoms. The van der Waals surface area contributed by atoms with Crippen LogP contribution in [0.15, 0.2) is 23.1 Å². The molecule has 1 saturated heterocycles. The molecule has 3 rings (SSSR count).